The summed E-state index contributed by atoms with van der Waals surface area (Å²) in [4.78, 5) is 28.5. The number of carbonyl (C=O) groups excluding carboxylic acids is 2. The van der Waals surface area contributed by atoms with Crippen molar-refractivity contribution in [3.05, 3.63) is 0 Å². The molecule has 1 atom stereocenters. The van der Waals surface area contributed by atoms with Crippen LogP contribution in [0.5, 0.6) is 0 Å². The predicted molar refractivity (Wildman–Crippen MR) is 71.8 cm³/mol. The van der Waals surface area contributed by atoms with Gasteiger partial charge in [-0.25, -0.2) is 0 Å². The Morgan fingerprint density at radius 1 is 1.00 bits per heavy atom. The van der Waals surface area contributed by atoms with E-state index in [1.807, 2.05) is 4.90 Å². The van der Waals surface area contributed by atoms with E-state index in [0.29, 0.717) is 39.3 Å². The van der Waals surface area contributed by atoms with Gasteiger partial charge in [0.05, 0.1) is 6.54 Å². The first-order valence-electron chi connectivity index (χ1n) is 7.19. The summed E-state index contributed by atoms with van der Waals surface area (Å²) in [5, 5.41) is 13.8. The topological polar surface area (TPSA) is 90.8 Å². The molecule has 3 aliphatic rings. The van der Waals surface area contributed by atoms with E-state index in [2.05, 4.69) is 21.3 Å². The lowest BCUT2D eigenvalue weighted by Crippen LogP contribution is -2.80. The third-order valence-electron chi connectivity index (χ3n) is 4.06. The van der Waals surface area contributed by atoms with Crippen LogP contribution in [0.1, 0.15) is 0 Å². The van der Waals surface area contributed by atoms with E-state index >= 15 is 0 Å². The van der Waals surface area contributed by atoms with Gasteiger partial charge in [0.2, 0.25) is 11.7 Å². The van der Waals surface area contributed by atoms with Gasteiger partial charge in [0, 0.05) is 52.4 Å². The molecule has 0 aliphatic carbocycles. The lowest BCUT2D eigenvalue weighted by molar-refractivity contribution is -0.174. The second-order valence-corrected chi connectivity index (χ2v) is 5.23. The summed E-state index contributed by atoms with van der Waals surface area (Å²) < 4.78 is 0. The average Bonchev–Trinajstić information content (AvgIpc) is 2.50. The van der Waals surface area contributed by atoms with Crippen molar-refractivity contribution in [1.82, 2.24) is 31.1 Å². The summed E-state index contributed by atoms with van der Waals surface area (Å²) in [5.74, 6) is -1.36. The van der Waals surface area contributed by atoms with E-state index in [1.165, 1.54) is 0 Å². The minimum Gasteiger partial charge on any atom is -0.350 e. The highest BCUT2D eigenvalue weighted by molar-refractivity contribution is 5.92. The van der Waals surface area contributed by atoms with Crippen LogP contribution in [-0.4, -0.2) is 86.3 Å². The van der Waals surface area contributed by atoms with Crippen molar-refractivity contribution in [2.45, 2.75) is 5.79 Å². The van der Waals surface area contributed by atoms with Crippen molar-refractivity contribution in [3.8, 4) is 0 Å². The molecule has 3 fully saturated rings. The second-order valence-electron chi connectivity index (χ2n) is 5.23. The maximum Gasteiger partial charge on any atom is 0.278 e. The number of nitrogens with one attached hydrogen (secondary N) is 3. The lowest BCUT2D eigenvalue weighted by Gasteiger charge is -2.52. The van der Waals surface area contributed by atoms with Crippen LogP contribution < -0.4 is 21.3 Å². The smallest absolute Gasteiger partial charge is 0.278 e. The molecule has 0 bridgehead atoms. The van der Waals surface area contributed by atoms with Crippen LogP contribution in [0.25, 0.3) is 0 Å². The molecule has 0 saturated carbocycles. The predicted octanol–water partition coefficient (Wildman–Crippen LogP) is -3.29. The Labute approximate surface area is 118 Å². The summed E-state index contributed by atoms with van der Waals surface area (Å²) in [5.41, 5.74) is 0. The van der Waals surface area contributed by atoms with Gasteiger partial charge >= 0.3 is 0 Å². The van der Waals surface area contributed by atoms with Crippen molar-refractivity contribution >= 4 is 11.8 Å². The zero-order chi connectivity index (χ0) is 14.0. The van der Waals surface area contributed by atoms with Crippen LogP contribution in [0.3, 0.4) is 0 Å². The highest BCUT2D eigenvalue weighted by Crippen LogP contribution is 2.23. The highest BCUT2D eigenvalue weighted by atomic mass is 16.2. The first kappa shape index (κ1) is 13.7. The van der Waals surface area contributed by atoms with Crippen molar-refractivity contribution in [1.29, 1.82) is 0 Å². The summed E-state index contributed by atoms with van der Waals surface area (Å²) in [6.07, 6.45) is 0. The normalized spacial score (nSPS) is 33.1. The summed E-state index contributed by atoms with van der Waals surface area (Å²) in [6, 6.07) is 0. The largest absolute Gasteiger partial charge is 0.350 e. The summed E-state index contributed by atoms with van der Waals surface area (Å²) in [7, 11) is 0. The Hall–Kier alpha value is -1.22. The zero-order valence-corrected chi connectivity index (χ0v) is 11.5. The SMILES string of the molecule is O=C1CNCCN1C1(N2CCNCC2)[N]CCNC1=O. The van der Waals surface area contributed by atoms with Crippen LogP contribution in [0, 0.1) is 0 Å². The molecule has 3 heterocycles. The van der Waals surface area contributed by atoms with Gasteiger partial charge in [-0.05, 0) is 0 Å². The van der Waals surface area contributed by atoms with Crippen LogP contribution in [0.15, 0.2) is 0 Å². The molecule has 0 aromatic rings. The fourth-order valence-electron chi connectivity index (χ4n) is 3.11. The van der Waals surface area contributed by atoms with Gasteiger partial charge in [-0.3, -0.25) is 19.4 Å². The Morgan fingerprint density at radius 3 is 2.45 bits per heavy atom. The van der Waals surface area contributed by atoms with E-state index in [-0.39, 0.29) is 18.4 Å². The van der Waals surface area contributed by atoms with Gasteiger partial charge in [-0.2, -0.15) is 5.32 Å². The Bertz CT molecular complexity index is 397. The van der Waals surface area contributed by atoms with E-state index in [1.54, 1.807) is 4.90 Å². The molecule has 0 aromatic carbocycles. The van der Waals surface area contributed by atoms with E-state index in [4.69, 9.17) is 0 Å². The fraction of sp³-hybridized carbons (Fsp3) is 0.833. The van der Waals surface area contributed by atoms with Crippen LogP contribution in [0.4, 0.5) is 0 Å². The number of carbonyl (C=O) groups is 2. The lowest BCUT2D eigenvalue weighted by atomic mass is 10.1. The first-order valence-corrected chi connectivity index (χ1v) is 7.19. The summed E-state index contributed by atoms with van der Waals surface area (Å²) >= 11 is 0. The molecule has 3 N–H and O–H groups in total. The third-order valence-corrected chi connectivity index (χ3v) is 4.06. The monoisotopic (exact) mass is 281 g/mol. The number of hydrogen-bond acceptors (Lipinski definition) is 5. The maximum absolute atomic E-state index is 12.6. The quantitative estimate of drug-likeness (QED) is 0.493. The number of rotatable bonds is 2. The van der Waals surface area contributed by atoms with E-state index in [9.17, 15) is 9.59 Å². The molecule has 3 saturated heterocycles. The molecular formula is C12H21N6O2. The fourth-order valence-corrected chi connectivity index (χ4v) is 3.11. The van der Waals surface area contributed by atoms with Gasteiger partial charge in [0.1, 0.15) is 0 Å². The zero-order valence-electron chi connectivity index (χ0n) is 11.5. The Morgan fingerprint density at radius 2 is 1.75 bits per heavy atom. The molecule has 2 amide bonds. The molecule has 8 heteroatoms. The Balaban J connectivity index is 1.92. The minimum absolute atomic E-state index is 0.0596. The van der Waals surface area contributed by atoms with Crippen molar-refractivity contribution < 1.29 is 9.59 Å². The van der Waals surface area contributed by atoms with Crippen molar-refractivity contribution in [2.75, 3.05) is 58.9 Å². The number of piperazine rings is 3. The minimum atomic E-state index is -1.14. The van der Waals surface area contributed by atoms with Gasteiger partial charge in [0.25, 0.3) is 5.91 Å². The molecule has 1 unspecified atom stereocenters. The number of amides is 2. The van der Waals surface area contributed by atoms with Crippen LogP contribution in [0.2, 0.25) is 0 Å². The highest BCUT2D eigenvalue weighted by Gasteiger charge is 2.53. The van der Waals surface area contributed by atoms with Crippen molar-refractivity contribution in [2.24, 2.45) is 0 Å². The Kier molecular flexibility index (Phi) is 3.88. The van der Waals surface area contributed by atoms with Gasteiger partial charge in [-0.15, -0.1) is 0 Å². The van der Waals surface area contributed by atoms with Gasteiger partial charge < -0.3 is 16.0 Å². The maximum atomic E-state index is 12.6. The van der Waals surface area contributed by atoms with Gasteiger partial charge in [-0.1, -0.05) is 0 Å². The number of hydrogen-bond donors (Lipinski definition) is 3. The number of nitrogens with zero attached hydrogens (tertiary/aromatic N) is 3. The molecule has 20 heavy (non-hydrogen) atoms. The standard InChI is InChI=1S/C12H21N6O2/c19-10-9-14-5-8-18(10)12(11(20)15-1-2-16-12)17-6-3-13-4-7-17/h13-14H,1-9H2,(H,15,20). The molecule has 111 valence electrons. The third kappa shape index (κ3) is 2.18. The summed E-state index contributed by atoms with van der Waals surface area (Å²) in [6.45, 7) is 5.64. The molecule has 0 aromatic heterocycles. The van der Waals surface area contributed by atoms with Crippen LogP contribution in [-0.2, 0) is 9.59 Å². The van der Waals surface area contributed by atoms with Gasteiger partial charge in [0.15, 0.2) is 0 Å². The first-order chi connectivity index (χ1) is 9.75. The molecule has 3 aliphatic heterocycles. The molecule has 1 radical (unpaired) electrons. The second kappa shape index (κ2) is 5.65. The average molecular weight is 281 g/mol. The van der Waals surface area contributed by atoms with E-state index < -0.39 is 5.79 Å². The van der Waals surface area contributed by atoms with Crippen molar-refractivity contribution in [3.63, 3.8) is 0 Å². The molecule has 3 rings (SSSR count). The van der Waals surface area contributed by atoms with Crippen LogP contribution >= 0.6 is 0 Å². The molecule has 0 spiro atoms. The van der Waals surface area contributed by atoms with E-state index in [0.717, 1.165) is 13.1 Å². The molecular weight excluding hydrogens is 260 g/mol. The molecule has 8 nitrogen and oxygen atoms in total.